The maximum absolute atomic E-state index is 12.1. The number of hydrogen-bond acceptors (Lipinski definition) is 6. The Kier molecular flexibility index (Phi) is 8.63. The second-order valence-corrected chi connectivity index (χ2v) is 8.87. The molecule has 0 saturated carbocycles. The van der Waals surface area contributed by atoms with Crippen LogP contribution in [0.15, 0.2) is 52.1 Å². The minimum absolute atomic E-state index is 0.129. The van der Waals surface area contributed by atoms with Gasteiger partial charge in [0.15, 0.2) is 0 Å². The summed E-state index contributed by atoms with van der Waals surface area (Å²) in [6, 6.07) is 12.9. The van der Waals surface area contributed by atoms with Gasteiger partial charge in [-0.1, -0.05) is 60.9 Å². The van der Waals surface area contributed by atoms with Gasteiger partial charge < -0.3 is 14.5 Å². The molecule has 6 nitrogen and oxygen atoms in total. The van der Waals surface area contributed by atoms with E-state index in [1.54, 1.807) is 18.2 Å². The lowest BCUT2D eigenvalue weighted by molar-refractivity contribution is -0.113. The van der Waals surface area contributed by atoms with Crippen molar-refractivity contribution in [1.29, 1.82) is 0 Å². The van der Waals surface area contributed by atoms with Crippen molar-refractivity contribution in [3.8, 4) is 5.75 Å². The molecule has 3 rings (SSSR count). The van der Waals surface area contributed by atoms with Gasteiger partial charge in [0.05, 0.1) is 17.4 Å². The molecular weight excluding hydrogens is 457 g/mol. The van der Waals surface area contributed by atoms with E-state index >= 15 is 0 Å². The lowest BCUT2D eigenvalue weighted by atomic mass is 10.0. The van der Waals surface area contributed by atoms with E-state index in [1.165, 1.54) is 17.3 Å². The largest absolute Gasteiger partial charge is 0.492 e. The molecule has 3 aromatic rings. The Bertz CT molecular complexity index is 1010. The molecule has 0 unspecified atom stereocenters. The van der Waals surface area contributed by atoms with Crippen LogP contribution in [0.4, 0.5) is 5.69 Å². The van der Waals surface area contributed by atoms with E-state index in [-0.39, 0.29) is 11.7 Å². The van der Waals surface area contributed by atoms with E-state index in [9.17, 15) is 4.79 Å². The van der Waals surface area contributed by atoms with Crippen LogP contribution in [0.25, 0.3) is 0 Å². The van der Waals surface area contributed by atoms with E-state index in [2.05, 4.69) is 29.4 Å². The van der Waals surface area contributed by atoms with E-state index in [1.807, 2.05) is 24.3 Å². The zero-order chi connectivity index (χ0) is 22.2. The number of rotatable bonds is 10. The summed E-state index contributed by atoms with van der Waals surface area (Å²) >= 11 is 13.1. The molecule has 0 spiro atoms. The van der Waals surface area contributed by atoms with Gasteiger partial charge >= 0.3 is 0 Å². The molecule has 0 atom stereocenters. The van der Waals surface area contributed by atoms with Gasteiger partial charge in [-0.15, -0.1) is 10.2 Å². The third-order valence-electron chi connectivity index (χ3n) is 4.32. The summed E-state index contributed by atoms with van der Waals surface area (Å²) in [7, 11) is 0. The smallest absolute Gasteiger partial charge is 0.277 e. The summed E-state index contributed by atoms with van der Waals surface area (Å²) < 4.78 is 11.2. The highest BCUT2D eigenvalue weighted by Gasteiger charge is 2.11. The summed E-state index contributed by atoms with van der Waals surface area (Å²) in [6.45, 7) is 4.71. The summed E-state index contributed by atoms with van der Waals surface area (Å²) in [5, 5.41) is 12.2. The molecule has 0 aliphatic carbocycles. The van der Waals surface area contributed by atoms with Crippen LogP contribution in [-0.2, 0) is 11.2 Å². The summed E-state index contributed by atoms with van der Waals surface area (Å²) in [6.07, 6.45) is 1.24. The van der Waals surface area contributed by atoms with Gasteiger partial charge in [0.25, 0.3) is 5.22 Å². The number of aryl methyl sites for hydroxylation is 1. The van der Waals surface area contributed by atoms with Gasteiger partial charge in [-0.25, -0.2) is 0 Å². The first-order valence-corrected chi connectivity index (χ1v) is 11.6. The third kappa shape index (κ3) is 7.45. The first kappa shape index (κ1) is 23.4. The van der Waals surface area contributed by atoms with Crippen LogP contribution in [-0.4, -0.2) is 28.5 Å². The summed E-state index contributed by atoms with van der Waals surface area (Å²) in [5.41, 5.74) is 1.99. The average Bonchev–Trinajstić information content (AvgIpc) is 3.19. The second-order valence-electron chi connectivity index (χ2n) is 7.10. The van der Waals surface area contributed by atoms with Gasteiger partial charge in [-0.3, -0.25) is 4.79 Å². The van der Waals surface area contributed by atoms with Crippen molar-refractivity contribution in [1.82, 2.24) is 10.2 Å². The highest BCUT2D eigenvalue weighted by molar-refractivity contribution is 7.99. The van der Waals surface area contributed by atoms with Crippen molar-refractivity contribution in [2.75, 3.05) is 17.7 Å². The van der Waals surface area contributed by atoms with Crippen molar-refractivity contribution in [2.24, 2.45) is 0 Å². The zero-order valence-corrected chi connectivity index (χ0v) is 19.6. The molecule has 31 heavy (non-hydrogen) atoms. The van der Waals surface area contributed by atoms with Gasteiger partial charge in [-0.05, 0) is 48.2 Å². The molecule has 2 aromatic carbocycles. The van der Waals surface area contributed by atoms with Crippen LogP contribution in [0.3, 0.4) is 0 Å². The molecule has 1 N–H and O–H groups in total. The molecule has 1 heterocycles. The Morgan fingerprint density at radius 2 is 1.94 bits per heavy atom. The predicted octanol–water partition coefficient (Wildman–Crippen LogP) is 6.24. The number of nitrogens with zero attached hydrogens (tertiary/aromatic N) is 2. The minimum atomic E-state index is -0.129. The number of halogens is 2. The van der Waals surface area contributed by atoms with E-state index in [4.69, 9.17) is 32.4 Å². The van der Waals surface area contributed by atoms with Crippen LogP contribution in [0.1, 0.15) is 37.6 Å². The lowest BCUT2D eigenvalue weighted by Gasteiger charge is -2.08. The molecule has 0 aliphatic heterocycles. The van der Waals surface area contributed by atoms with Gasteiger partial charge in [0.1, 0.15) is 5.75 Å². The number of carbonyl (C=O) groups is 1. The quantitative estimate of drug-likeness (QED) is 0.273. The predicted molar refractivity (Wildman–Crippen MR) is 124 cm³/mol. The molecule has 1 amide bonds. The third-order valence-corrected chi connectivity index (χ3v) is 5.67. The first-order chi connectivity index (χ1) is 14.9. The van der Waals surface area contributed by atoms with Crippen LogP contribution < -0.4 is 10.1 Å². The van der Waals surface area contributed by atoms with E-state index in [0.29, 0.717) is 52.3 Å². The van der Waals surface area contributed by atoms with Gasteiger partial charge in [-0.2, -0.15) is 0 Å². The van der Waals surface area contributed by atoms with Crippen LogP contribution in [0.5, 0.6) is 5.75 Å². The van der Waals surface area contributed by atoms with E-state index in [0.717, 1.165) is 5.69 Å². The van der Waals surface area contributed by atoms with Gasteiger partial charge in [0, 0.05) is 17.1 Å². The zero-order valence-electron chi connectivity index (χ0n) is 17.2. The van der Waals surface area contributed by atoms with Crippen molar-refractivity contribution < 1.29 is 13.9 Å². The Balaban J connectivity index is 1.37. The number of aromatic nitrogens is 2. The Hall–Kier alpha value is -2.22. The number of anilines is 1. The normalized spacial score (nSPS) is 11.0. The highest BCUT2D eigenvalue weighted by atomic mass is 35.5. The Morgan fingerprint density at radius 3 is 2.65 bits per heavy atom. The van der Waals surface area contributed by atoms with E-state index < -0.39 is 0 Å². The molecule has 0 aliphatic rings. The molecule has 1 aromatic heterocycles. The van der Waals surface area contributed by atoms with Crippen LogP contribution >= 0.6 is 35.0 Å². The number of ether oxygens (including phenoxy) is 1. The summed E-state index contributed by atoms with van der Waals surface area (Å²) in [4.78, 5) is 12.1. The fraction of sp³-hybridized carbons (Fsp3) is 0.318. The second kappa shape index (κ2) is 11.4. The number of benzene rings is 2. The maximum Gasteiger partial charge on any atom is 0.277 e. The fourth-order valence-corrected chi connectivity index (χ4v) is 3.71. The molecule has 0 radical (unpaired) electrons. The van der Waals surface area contributed by atoms with Crippen molar-refractivity contribution in [2.45, 2.75) is 37.8 Å². The standard InChI is InChI=1S/C22H23Cl2N3O3S/c1-14(2)15-5-8-17(9-6-15)25-20(28)13-31-22-27-26-21(30-22)4-3-11-29-19-10-7-16(23)12-18(19)24/h5-10,12,14H,3-4,11,13H2,1-2H3,(H,25,28). The van der Waals surface area contributed by atoms with Crippen LogP contribution in [0.2, 0.25) is 10.0 Å². The van der Waals surface area contributed by atoms with Crippen molar-refractivity contribution >= 4 is 46.6 Å². The van der Waals surface area contributed by atoms with Crippen molar-refractivity contribution in [3.05, 3.63) is 64.0 Å². The molecule has 0 bridgehead atoms. The lowest BCUT2D eigenvalue weighted by Crippen LogP contribution is -2.14. The molecule has 164 valence electrons. The number of hydrogen-bond donors (Lipinski definition) is 1. The highest BCUT2D eigenvalue weighted by Crippen LogP contribution is 2.27. The number of thioether (sulfide) groups is 1. The summed E-state index contributed by atoms with van der Waals surface area (Å²) in [5.74, 6) is 1.59. The topological polar surface area (TPSA) is 77.2 Å². The SMILES string of the molecule is CC(C)c1ccc(NC(=O)CSc2nnc(CCCOc3ccc(Cl)cc3Cl)o2)cc1. The van der Waals surface area contributed by atoms with Gasteiger partial charge in [0.2, 0.25) is 11.8 Å². The molecule has 9 heteroatoms. The number of nitrogens with one attached hydrogen (secondary N) is 1. The molecular formula is C22H23Cl2N3O3S. The number of amides is 1. The molecule has 0 fully saturated rings. The average molecular weight is 480 g/mol. The minimum Gasteiger partial charge on any atom is -0.492 e. The monoisotopic (exact) mass is 479 g/mol. The van der Waals surface area contributed by atoms with Crippen molar-refractivity contribution in [3.63, 3.8) is 0 Å². The fourth-order valence-electron chi connectivity index (χ4n) is 2.67. The Morgan fingerprint density at radius 1 is 1.16 bits per heavy atom. The first-order valence-electron chi connectivity index (χ1n) is 9.83. The molecule has 0 saturated heterocycles. The Labute approximate surface area is 195 Å². The maximum atomic E-state index is 12.1. The van der Waals surface area contributed by atoms with Crippen LogP contribution in [0, 0.1) is 0 Å². The number of carbonyl (C=O) groups excluding carboxylic acids is 1.